The first-order chi connectivity index (χ1) is 63.3. The van der Waals surface area contributed by atoms with Gasteiger partial charge in [0.15, 0.2) is 29.8 Å². The average Bonchev–Trinajstić information content (AvgIpc) is 1.72. The Morgan fingerprint density at radius 1 is 0.437 bits per heavy atom. The number of esters is 1. The normalized spacial score (nSPS) is 11.9. The number of aromatic nitrogens is 10. The molecule has 0 amide bonds. The highest BCUT2D eigenvalue weighted by Crippen LogP contribution is 2.41. The van der Waals surface area contributed by atoms with Crippen molar-refractivity contribution in [1.29, 1.82) is 0 Å². The maximum Gasteiger partial charge on any atom is 0.343 e. The van der Waals surface area contributed by atoms with Gasteiger partial charge in [-0.05, 0) is 237 Å². The third-order valence-electron chi connectivity index (χ3n) is 20.9. The summed E-state index contributed by atoms with van der Waals surface area (Å²) in [5, 5.41) is 20.3. The summed E-state index contributed by atoms with van der Waals surface area (Å²) in [7, 11) is -32.0. The fourth-order valence-corrected chi connectivity index (χ4v) is 29.5. The largest absolute Gasteiger partial charge is 0.462 e. The van der Waals surface area contributed by atoms with Gasteiger partial charge in [-0.1, -0.05) is 151 Å². The van der Waals surface area contributed by atoms with Crippen molar-refractivity contribution in [3.8, 4) is 0 Å². The van der Waals surface area contributed by atoms with Gasteiger partial charge < -0.3 is 4.74 Å². The van der Waals surface area contributed by atoms with Gasteiger partial charge in [0.1, 0.15) is 11.4 Å². The van der Waals surface area contributed by atoms with E-state index in [2.05, 4.69) is 34.9 Å². The minimum atomic E-state index is -4.86. The Balaban J connectivity index is 0.000000193. The highest BCUT2D eigenvalue weighted by molar-refractivity contribution is 8.11. The number of halogens is 5. The van der Waals surface area contributed by atoms with Gasteiger partial charge in [0.2, 0.25) is 5.69 Å². The molecule has 0 unspecified atom stereocenters. The fourth-order valence-electron chi connectivity index (χ4n) is 13.6. The molecule has 13 rings (SSSR count). The van der Waals surface area contributed by atoms with Crippen LogP contribution in [0.25, 0.3) is 0 Å². The summed E-state index contributed by atoms with van der Waals surface area (Å²) in [4.78, 5) is 11.7. The third-order valence-corrected chi connectivity index (χ3v) is 38.9. The highest BCUT2D eigenvalue weighted by Gasteiger charge is 2.45. The number of benzene rings is 8. The summed E-state index contributed by atoms with van der Waals surface area (Å²) >= 11 is 30.5. The molecule has 0 aliphatic rings. The van der Waals surface area contributed by atoms with Crippen LogP contribution in [-0.4, -0.2) is 124 Å². The molecule has 0 aliphatic carbocycles. The smallest absolute Gasteiger partial charge is 0.343 e. The molecule has 0 spiro atoms. The maximum atomic E-state index is 14.0. The Bertz CT molecular complexity index is 7290. The first-order valence-electron chi connectivity index (χ1n) is 41.6. The summed E-state index contributed by atoms with van der Waals surface area (Å²) < 4.78 is 233. The number of anilines is 5. The van der Waals surface area contributed by atoms with Crippen LogP contribution < -0.4 is 25.3 Å². The second-order valence-corrected chi connectivity index (χ2v) is 46.9. The number of rotatable bonds is 30. The number of carbonyl (C=O) groups is 1. The van der Waals surface area contributed by atoms with Gasteiger partial charge in [-0.3, -0.25) is 23.5 Å². The number of hydrogen-bond donors (Lipinski definition) is 3. The van der Waals surface area contributed by atoms with Gasteiger partial charge in [-0.25, -0.2) is 26.3 Å². The number of nitrogens with zero attached hydrogens (tertiary/aromatic N) is 12. The molecule has 0 atom stereocenters. The first-order valence-corrected chi connectivity index (χ1v) is 55.1. The van der Waals surface area contributed by atoms with Crippen LogP contribution in [0.15, 0.2) is 240 Å². The van der Waals surface area contributed by atoms with Gasteiger partial charge >= 0.3 is 5.97 Å². The standard InChI is InChI=1S/C23H29N3O4S2.C21H21Cl2N3O6S2.C19H19Cl2N3O4S2.C13H16ClN3O2S.C13H17N3O2S/c1-4-7-19-9-13-21(14-10-19)31(27,28)26(23-17-18-24-25(23)6-3)32(29,30)22-15-11-20(8-5-2)12-16-22;1-5-32-21(27)15-12-24-25(4)20(15)26(33(28,29)18-10-6-8-16(22)13(18)2)34(30,31)19-11-7-9-17(23)14(19)3;1-4-23-12-11-19(22-23)24(29(25,26)17-9-5-7-15(20)13(17)2)30(27,28)18-10-6-8-16(21)14(18)3;1-4-17-9(2)8-13(15-17)16-20(18,19)12-7-5-6-11(14)10(12)3;1-9-6-5-7-12(11(9)3)19(17,18)15-13-8-10(2)14-16(13)4/h9-18H,4-8H2,1-3H3;6-12H,5H2,1-4H3;5-12H,4H2,1-3H3;5-8H,4H2,1-3H3,(H,15,16);5-8,15H,1-4H3/p+1. The average molecular weight is 2100 g/mol. The van der Waals surface area contributed by atoms with E-state index < -0.39 is 92.0 Å². The van der Waals surface area contributed by atoms with Crippen molar-refractivity contribution in [3.63, 3.8) is 0 Å². The lowest BCUT2D eigenvalue weighted by molar-refractivity contribution is -0.751. The number of hydrogen-bond acceptors (Lipinski definition) is 22. The summed E-state index contributed by atoms with van der Waals surface area (Å²) in [6.07, 6.45) is 7.42. The molecule has 0 saturated heterocycles. The van der Waals surface area contributed by atoms with E-state index in [1.54, 1.807) is 102 Å². The minimum Gasteiger partial charge on any atom is -0.462 e. The molecule has 46 heteroatoms. The molecule has 0 fully saturated rings. The van der Waals surface area contributed by atoms with Crippen molar-refractivity contribution >= 4 is 173 Å². The van der Waals surface area contributed by atoms with E-state index in [-0.39, 0.29) is 104 Å². The Morgan fingerprint density at radius 2 is 0.844 bits per heavy atom. The zero-order chi connectivity index (χ0) is 100. The second-order valence-electron chi connectivity index (χ2n) is 30.2. The molecule has 724 valence electrons. The van der Waals surface area contributed by atoms with Crippen LogP contribution in [-0.2, 0) is 131 Å². The van der Waals surface area contributed by atoms with Crippen LogP contribution in [0.2, 0.25) is 25.1 Å². The monoisotopic (exact) mass is 2100 g/mol. The maximum absolute atomic E-state index is 14.0. The van der Waals surface area contributed by atoms with E-state index in [1.165, 1.54) is 176 Å². The number of aromatic amines is 1. The van der Waals surface area contributed by atoms with Gasteiger partial charge in [0.25, 0.3) is 80.2 Å². The van der Waals surface area contributed by atoms with Crippen LogP contribution in [0.5, 0.6) is 0 Å². The van der Waals surface area contributed by atoms with Gasteiger partial charge in [0.05, 0.1) is 69.9 Å². The lowest BCUT2D eigenvalue weighted by Crippen LogP contribution is -2.40. The van der Waals surface area contributed by atoms with E-state index >= 15 is 0 Å². The topological polar surface area (TPSA) is 424 Å². The Kier molecular flexibility index (Phi) is 35.7. The lowest BCUT2D eigenvalue weighted by atomic mass is 10.1. The predicted molar refractivity (Wildman–Crippen MR) is 524 cm³/mol. The van der Waals surface area contributed by atoms with Crippen molar-refractivity contribution in [2.24, 2.45) is 14.1 Å². The Morgan fingerprint density at radius 3 is 1.23 bits per heavy atom. The predicted octanol–water partition coefficient (Wildman–Crippen LogP) is 17.4. The van der Waals surface area contributed by atoms with Gasteiger partial charge in [0, 0.05) is 83.6 Å². The molecule has 5 aromatic heterocycles. The van der Waals surface area contributed by atoms with Gasteiger partial charge in [-0.15, -0.1) is 20.9 Å². The van der Waals surface area contributed by atoms with Crippen molar-refractivity contribution < 1.29 is 81.6 Å². The number of nitrogens with one attached hydrogen (secondary N) is 3. The molecule has 0 bridgehead atoms. The molecule has 33 nitrogen and oxygen atoms in total. The number of sulfonamides is 8. The molecule has 5 heterocycles. The third kappa shape index (κ3) is 24.1. The molecular formula is C89H103Cl5N15O18S8+. The van der Waals surface area contributed by atoms with E-state index in [0.29, 0.717) is 47.6 Å². The summed E-state index contributed by atoms with van der Waals surface area (Å²) in [5.41, 5.74) is 6.32. The fraction of sp³-hybridized carbons (Fsp3) is 0.281. The number of carbonyl (C=O) groups excluding carboxylic acids is 1. The van der Waals surface area contributed by atoms with E-state index in [0.717, 1.165) is 76.7 Å². The summed E-state index contributed by atoms with van der Waals surface area (Å²) in [6.45, 7) is 27.7. The molecule has 0 aliphatic heterocycles. The van der Waals surface area contributed by atoms with Crippen LogP contribution >= 0.6 is 58.0 Å². The Hall–Kier alpha value is -10.7. The first kappa shape index (κ1) is 108. The molecule has 8 aromatic carbocycles. The number of ether oxygens (including phenoxy) is 1. The van der Waals surface area contributed by atoms with Crippen molar-refractivity contribution in [3.05, 3.63) is 293 Å². The quantitative estimate of drug-likeness (QED) is 0.0278. The van der Waals surface area contributed by atoms with Crippen LogP contribution in [0, 0.1) is 62.3 Å². The van der Waals surface area contributed by atoms with E-state index in [9.17, 15) is 72.1 Å². The SMILES string of the molecule is CCCc1ccc(S(=O)(=O)N(c2ccnn2CC)S(=O)(=O)c2ccc(CCC)cc2)cc1.CCOC(=O)c1cnn(C)c1N(S(=O)(=O)c1cccc(Cl)c1C)S(=O)(=O)c1cccc(Cl)c1C.CC[n+]1[nH]c(NS(=O)(=O)c2cccc(Cl)c2C)cc1C.CCn1ccc(N(S(=O)(=O)c2cccc(Cl)c2C)S(=O)(=O)c2cccc(Cl)c2C)n1.Cc1cc(NS(=O)(=O)c2cccc(C)c2C)n(C)n1. The van der Waals surface area contributed by atoms with Crippen molar-refractivity contribution in [1.82, 2.24) is 44.2 Å². The molecular weight excluding hydrogens is 2000 g/mol. The van der Waals surface area contributed by atoms with Gasteiger partial charge in [-0.2, -0.15) is 70.9 Å². The number of H-pyrrole nitrogens is 1. The van der Waals surface area contributed by atoms with Crippen LogP contribution in [0.1, 0.15) is 126 Å². The van der Waals surface area contributed by atoms with E-state index in [1.807, 2.05) is 52.3 Å². The highest BCUT2D eigenvalue weighted by atomic mass is 35.5. The summed E-state index contributed by atoms with van der Waals surface area (Å²) in [5.74, 6) is -0.843. The molecule has 3 N–H and O–H groups in total. The van der Waals surface area contributed by atoms with Crippen LogP contribution in [0.3, 0.4) is 0 Å². The number of aryl methyl sites for hydroxylation is 10. The second kappa shape index (κ2) is 44.6. The molecule has 135 heavy (non-hydrogen) atoms. The Labute approximate surface area is 814 Å². The summed E-state index contributed by atoms with van der Waals surface area (Å²) in [6, 6.07) is 45.7. The molecule has 0 radical (unpaired) electrons. The van der Waals surface area contributed by atoms with Crippen molar-refractivity contribution in [2.45, 2.75) is 188 Å². The van der Waals surface area contributed by atoms with Crippen molar-refractivity contribution in [2.75, 3.05) is 27.2 Å². The zero-order valence-electron chi connectivity index (χ0n) is 76.6. The molecule has 0 saturated carbocycles. The zero-order valence-corrected chi connectivity index (χ0v) is 86.9. The van der Waals surface area contributed by atoms with Crippen LogP contribution in [0.4, 0.5) is 29.1 Å². The molecule has 13 aromatic rings. The minimum absolute atomic E-state index is 0.0204. The van der Waals surface area contributed by atoms with E-state index in [4.69, 9.17) is 62.7 Å². The lowest BCUT2D eigenvalue weighted by Gasteiger charge is -2.26.